The fourth-order valence-electron chi connectivity index (χ4n) is 3.02. The van der Waals surface area contributed by atoms with Crippen LogP contribution in [0.1, 0.15) is 38.5 Å². The molecule has 0 aromatic carbocycles. The Balaban J connectivity index is 1.47. The smallest absolute Gasteiger partial charge is 0.321 e. The van der Waals surface area contributed by atoms with E-state index < -0.39 is 0 Å². The van der Waals surface area contributed by atoms with Gasteiger partial charge in [0.1, 0.15) is 0 Å². The van der Waals surface area contributed by atoms with Gasteiger partial charge in [0.05, 0.1) is 0 Å². The highest BCUT2D eigenvalue weighted by atomic mass is 32.2. The molecule has 7 heteroatoms. The van der Waals surface area contributed by atoms with Gasteiger partial charge in [-0.25, -0.2) is 4.79 Å². The Hall–Kier alpha value is -0.820. The van der Waals surface area contributed by atoms with E-state index in [1.807, 2.05) is 6.26 Å². The van der Waals surface area contributed by atoms with Crippen LogP contribution in [-0.4, -0.2) is 27.7 Å². The molecular formula is C13H20N4OS2. The second-order valence-corrected chi connectivity index (χ2v) is 7.17. The summed E-state index contributed by atoms with van der Waals surface area (Å²) in [5.74, 6) is 1.77. The number of hydrogen-bond donors (Lipinski definition) is 2. The predicted octanol–water partition coefficient (Wildman–Crippen LogP) is 3.35. The number of thioether (sulfide) groups is 1. The fourth-order valence-corrected chi connectivity index (χ4v) is 4.14. The zero-order chi connectivity index (χ0) is 13.9. The van der Waals surface area contributed by atoms with Gasteiger partial charge in [-0.15, -0.1) is 0 Å². The molecular weight excluding hydrogens is 292 g/mol. The molecule has 5 nitrogen and oxygen atoms in total. The molecule has 1 aromatic heterocycles. The maximum Gasteiger partial charge on any atom is 0.321 e. The van der Waals surface area contributed by atoms with Gasteiger partial charge >= 0.3 is 6.03 Å². The van der Waals surface area contributed by atoms with Gasteiger partial charge in [-0.1, -0.05) is 24.6 Å². The molecule has 2 amide bonds. The van der Waals surface area contributed by atoms with Crippen LogP contribution in [0.3, 0.4) is 0 Å². The SMILES string of the molecule is CSc1nsc(NC(=O)NC2CCCC(C3CC3)C2)n1. The average Bonchev–Trinajstić information content (AvgIpc) is 3.20. The van der Waals surface area contributed by atoms with Crippen LogP contribution in [0.4, 0.5) is 9.93 Å². The first-order chi connectivity index (χ1) is 9.74. The number of aromatic nitrogens is 2. The first-order valence-electron chi connectivity index (χ1n) is 7.20. The molecule has 2 aliphatic rings. The normalized spacial score (nSPS) is 26.2. The van der Waals surface area contributed by atoms with E-state index in [9.17, 15) is 4.79 Å². The van der Waals surface area contributed by atoms with Crippen LogP contribution < -0.4 is 10.6 Å². The molecule has 0 aliphatic heterocycles. The minimum absolute atomic E-state index is 0.143. The lowest BCUT2D eigenvalue weighted by Gasteiger charge is -2.29. The van der Waals surface area contributed by atoms with Gasteiger partial charge in [-0.05, 0) is 43.8 Å². The van der Waals surface area contributed by atoms with E-state index >= 15 is 0 Å². The number of carbonyl (C=O) groups excluding carboxylic acids is 1. The predicted molar refractivity (Wildman–Crippen MR) is 82.3 cm³/mol. The maximum atomic E-state index is 12.0. The zero-order valence-electron chi connectivity index (χ0n) is 11.6. The van der Waals surface area contributed by atoms with Gasteiger partial charge < -0.3 is 5.32 Å². The van der Waals surface area contributed by atoms with Crippen LogP contribution in [0.2, 0.25) is 0 Å². The molecule has 0 saturated heterocycles. The minimum Gasteiger partial charge on any atom is -0.335 e. The Morgan fingerprint density at radius 3 is 2.85 bits per heavy atom. The molecule has 1 aromatic rings. The molecule has 2 saturated carbocycles. The third-order valence-corrected chi connectivity index (χ3v) is 5.44. The highest BCUT2D eigenvalue weighted by Gasteiger charge is 2.35. The van der Waals surface area contributed by atoms with E-state index in [-0.39, 0.29) is 6.03 Å². The summed E-state index contributed by atoms with van der Waals surface area (Å²) in [6.07, 6.45) is 9.54. The number of nitrogens with one attached hydrogen (secondary N) is 2. The first kappa shape index (κ1) is 14.1. The van der Waals surface area contributed by atoms with Crippen molar-refractivity contribution >= 4 is 34.5 Å². The Kier molecular flexibility index (Phi) is 4.45. The van der Waals surface area contributed by atoms with Gasteiger partial charge in [0, 0.05) is 17.6 Å². The van der Waals surface area contributed by atoms with Gasteiger partial charge in [0.25, 0.3) is 0 Å². The molecule has 2 atom stereocenters. The summed E-state index contributed by atoms with van der Waals surface area (Å²) in [5.41, 5.74) is 0. The molecule has 2 fully saturated rings. The molecule has 20 heavy (non-hydrogen) atoms. The van der Waals surface area contributed by atoms with E-state index in [2.05, 4.69) is 20.0 Å². The van der Waals surface area contributed by atoms with E-state index in [4.69, 9.17) is 0 Å². The van der Waals surface area contributed by atoms with Crippen molar-refractivity contribution in [2.75, 3.05) is 11.6 Å². The van der Waals surface area contributed by atoms with Crippen LogP contribution in [0, 0.1) is 11.8 Å². The lowest BCUT2D eigenvalue weighted by Crippen LogP contribution is -2.41. The number of nitrogens with zero attached hydrogens (tertiary/aromatic N) is 2. The lowest BCUT2D eigenvalue weighted by molar-refractivity contribution is 0.230. The fraction of sp³-hybridized carbons (Fsp3) is 0.769. The van der Waals surface area contributed by atoms with Crippen molar-refractivity contribution in [2.45, 2.75) is 49.7 Å². The van der Waals surface area contributed by atoms with Crippen molar-refractivity contribution in [1.82, 2.24) is 14.7 Å². The maximum absolute atomic E-state index is 12.0. The number of hydrogen-bond acceptors (Lipinski definition) is 5. The number of carbonyl (C=O) groups is 1. The molecule has 0 spiro atoms. The highest BCUT2D eigenvalue weighted by molar-refractivity contribution is 7.98. The van der Waals surface area contributed by atoms with E-state index in [0.29, 0.717) is 16.3 Å². The van der Waals surface area contributed by atoms with Crippen LogP contribution in [0.15, 0.2) is 5.16 Å². The van der Waals surface area contributed by atoms with Crippen molar-refractivity contribution in [3.05, 3.63) is 0 Å². The minimum atomic E-state index is -0.143. The van der Waals surface area contributed by atoms with Crippen LogP contribution in [0.5, 0.6) is 0 Å². The van der Waals surface area contributed by atoms with E-state index in [0.717, 1.165) is 24.7 Å². The summed E-state index contributed by atoms with van der Waals surface area (Å²) in [7, 11) is 0. The van der Waals surface area contributed by atoms with Crippen molar-refractivity contribution in [1.29, 1.82) is 0 Å². The first-order valence-corrected chi connectivity index (χ1v) is 9.19. The summed E-state index contributed by atoms with van der Waals surface area (Å²) in [4.78, 5) is 16.2. The molecule has 2 aliphatic carbocycles. The summed E-state index contributed by atoms with van der Waals surface area (Å²) in [6, 6.07) is 0.178. The van der Waals surface area contributed by atoms with Gasteiger partial charge in [0.2, 0.25) is 10.3 Å². The van der Waals surface area contributed by atoms with E-state index in [1.54, 1.807) is 0 Å². The van der Waals surface area contributed by atoms with Gasteiger partial charge in [-0.3, -0.25) is 5.32 Å². The molecule has 0 bridgehead atoms. The number of anilines is 1. The lowest BCUT2D eigenvalue weighted by atomic mass is 9.83. The summed E-state index contributed by atoms with van der Waals surface area (Å²) >= 11 is 2.71. The van der Waals surface area contributed by atoms with Crippen molar-refractivity contribution in [3.63, 3.8) is 0 Å². The van der Waals surface area contributed by atoms with Gasteiger partial charge in [-0.2, -0.15) is 9.36 Å². The average molecular weight is 312 g/mol. The van der Waals surface area contributed by atoms with Crippen molar-refractivity contribution in [2.24, 2.45) is 11.8 Å². The molecule has 0 radical (unpaired) electrons. The molecule has 3 rings (SSSR count). The Morgan fingerprint density at radius 1 is 1.30 bits per heavy atom. The third kappa shape index (κ3) is 3.63. The number of amides is 2. The molecule has 110 valence electrons. The molecule has 2 unspecified atom stereocenters. The van der Waals surface area contributed by atoms with Crippen LogP contribution in [0.25, 0.3) is 0 Å². The quantitative estimate of drug-likeness (QED) is 0.837. The summed E-state index contributed by atoms with van der Waals surface area (Å²) in [6.45, 7) is 0. The Bertz CT molecular complexity index is 475. The second kappa shape index (κ2) is 6.30. The molecule has 1 heterocycles. The second-order valence-electron chi connectivity index (χ2n) is 5.65. The third-order valence-electron chi connectivity index (χ3n) is 4.15. The summed E-state index contributed by atoms with van der Waals surface area (Å²) < 4.78 is 4.13. The van der Waals surface area contributed by atoms with E-state index in [1.165, 1.54) is 49.0 Å². The zero-order valence-corrected chi connectivity index (χ0v) is 13.2. The summed E-state index contributed by atoms with van der Waals surface area (Å²) in [5, 5.41) is 7.15. The Morgan fingerprint density at radius 2 is 2.15 bits per heavy atom. The number of rotatable bonds is 4. The van der Waals surface area contributed by atoms with Crippen LogP contribution in [-0.2, 0) is 0 Å². The highest BCUT2D eigenvalue weighted by Crippen LogP contribution is 2.43. The van der Waals surface area contributed by atoms with Crippen molar-refractivity contribution < 1.29 is 4.79 Å². The largest absolute Gasteiger partial charge is 0.335 e. The van der Waals surface area contributed by atoms with Gasteiger partial charge in [0.15, 0.2) is 0 Å². The standard InChI is InChI=1S/C13H20N4OS2/c1-19-13-16-12(20-17-13)15-11(18)14-10-4-2-3-9(7-10)8-5-6-8/h8-10H,2-7H2,1H3,(H2,14,15,16,17,18). The molecule has 2 N–H and O–H groups in total. The number of urea groups is 1. The monoisotopic (exact) mass is 312 g/mol. The van der Waals surface area contributed by atoms with Crippen molar-refractivity contribution in [3.8, 4) is 0 Å². The van der Waals surface area contributed by atoms with Crippen LogP contribution >= 0.6 is 23.3 Å². The topological polar surface area (TPSA) is 66.9 Å². The Labute approximate surface area is 127 Å².